The molecule has 29 heavy (non-hydrogen) atoms. The topological polar surface area (TPSA) is 91.8 Å². The first kappa shape index (κ1) is 18.3. The van der Waals surface area contributed by atoms with Gasteiger partial charge in [-0.05, 0) is 11.5 Å². The number of fused-ring (bicyclic) bond motifs is 1. The molecule has 7 heteroatoms. The lowest BCUT2D eigenvalue weighted by atomic mass is 10.1. The van der Waals surface area contributed by atoms with Crippen LogP contribution in [0, 0.1) is 21.4 Å². The minimum Gasteiger partial charge on any atom is -0.360 e. The minimum absolute atomic E-state index is 0.00530. The van der Waals surface area contributed by atoms with Crippen molar-refractivity contribution in [2.24, 2.45) is 0 Å². The van der Waals surface area contributed by atoms with Crippen LogP contribution < -0.4 is 5.32 Å². The number of aromatic nitrogens is 1. The molecular weight excluding hydrogens is 384 g/mol. The SMILES string of the molecule is N#CC(=CNc1cccc2ccccc12)c1nc(-c2cccc([N+](=O)[O-])c2)cs1. The van der Waals surface area contributed by atoms with Gasteiger partial charge in [0.15, 0.2) is 0 Å². The van der Waals surface area contributed by atoms with Gasteiger partial charge in [0.1, 0.15) is 16.6 Å². The number of hydrogen-bond donors (Lipinski definition) is 1. The first-order chi connectivity index (χ1) is 14.2. The molecule has 0 fully saturated rings. The Hall–Kier alpha value is -4.02. The molecule has 0 bridgehead atoms. The van der Waals surface area contributed by atoms with Crippen LogP contribution in [0.15, 0.2) is 78.3 Å². The Morgan fingerprint density at radius 2 is 1.93 bits per heavy atom. The van der Waals surface area contributed by atoms with Gasteiger partial charge in [-0.3, -0.25) is 10.1 Å². The van der Waals surface area contributed by atoms with Gasteiger partial charge in [-0.2, -0.15) is 5.26 Å². The van der Waals surface area contributed by atoms with Crippen molar-refractivity contribution in [2.75, 3.05) is 5.32 Å². The second kappa shape index (κ2) is 7.92. The molecular formula is C22H14N4O2S. The molecule has 1 aromatic heterocycles. The van der Waals surface area contributed by atoms with Gasteiger partial charge in [0.2, 0.25) is 0 Å². The second-order valence-electron chi connectivity index (χ2n) is 6.19. The van der Waals surface area contributed by atoms with Crippen molar-refractivity contribution in [3.63, 3.8) is 0 Å². The van der Waals surface area contributed by atoms with Crippen molar-refractivity contribution in [3.05, 3.63) is 93.4 Å². The molecule has 6 nitrogen and oxygen atoms in total. The fraction of sp³-hybridized carbons (Fsp3) is 0. The highest BCUT2D eigenvalue weighted by Crippen LogP contribution is 2.29. The van der Waals surface area contributed by atoms with E-state index in [1.165, 1.54) is 23.5 Å². The van der Waals surface area contributed by atoms with Crippen LogP contribution in [0.1, 0.15) is 5.01 Å². The molecule has 4 aromatic rings. The van der Waals surface area contributed by atoms with E-state index in [2.05, 4.69) is 16.4 Å². The third kappa shape index (κ3) is 3.83. The maximum absolute atomic E-state index is 11.0. The standard InChI is InChI=1S/C22H14N4O2S/c23-12-17(13-24-20-10-4-6-15-5-1-2-9-19(15)20)22-25-21(14-29-22)16-7-3-8-18(11-16)26(27)28/h1-11,13-14,24H. The third-order valence-corrected chi connectivity index (χ3v) is 5.24. The van der Waals surface area contributed by atoms with Crippen molar-refractivity contribution in [1.82, 2.24) is 4.98 Å². The van der Waals surface area contributed by atoms with Gasteiger partial charge in [-0.15, -0.1) is 11.3 Å². The monoisotopic (exact) mass is 398 g/mol. The molecule has 0 aliphatic rings. The molecule has 0 aliphatic carbocycles. The zero-order chi connectivity index (χ0) is 20.2. The van der Waals surface area contributed by atoms with E-state index in [4.69, 9.17) is 0 Å². The first-order valence-electron chi connectivity index (χ1n) is 8.71. The lowest BCUT2D eigenvalue weighted by molar-refractivity contribution is -0.384. The van der Waals surface area contributed by atoms with Gasteiger partial charge in [0.05, 0.1) is 10.6 Å². The Kier molecular flexibility index (Phi) is 5.01. The molecule has 1 N–H and O–H groups in total. The first-order valence-corrected chi connectivity index (χ1v) is 9.59. The van der Waals surface area contributed by atoms with Gasteiger partial charge >= 0.3 is 0 Å². The van der Waals surface area contributed by atoms with Crippen molar-refractivity contribution in [1.29, 1.82) is 5.26 Å². The van der Waals surface area contributed by atoms with E-state index >= 15 is 0 Å². The summed E-state index contributed by atoms with van der Waals surface area (Å²) in [5.74, 6) is 0. The van der Waals surface area contributed by atoms with Gasteiger partial charge in [0.25, 0.3) is 5.69 Å². The number of nitro benzene ring substituents is 1. The van der Waals surface area contributed by atoms with E-state index in [1.807, 2.05) is 42.5 Å². The number of nitrogens with one attached hydrogen (secondary N) is 1. The van der Waals surface area contributed by atoms with Gasteiger partial charge in [0, 0.05) is 40.3 Å². The summed E-state index contributed by atoms with van der Waals surface area (Å²) >= 11 is 1.32. The number of non-ortho nitro benzene ring substituents is 1. The molecule has 1 heterocycles. The number of hydrogen-bond acceptors (Lipinski definition) is 6. The van der Waals surface area contributed by atoms with Crippen molar-refractivity contribution < 1.29 is 4.92 Å². The highest BCUT2D eigenvalue weighted by Gasteiger charge is 2.12. The molecule has 0 amide bonds. The number of nitro groups is 1. The van der Waals surface area contributed by atoms with Crippen LogP contribution in [-0.2, 0) is 0 Å². The number of anilines is 1. The van der Waals surface area contributed by atoms with Crippen molar-refractivity contribution >= 4 is 39.1 Å². The highest BCUT2D eigenvalue weighted by molar-refractivity contribution is 7.11. The van der Waals surface area contributed by atoms with Crippen molar-refractivity contribution in [2.45, 2.75) is 0 Å². The predicted octanol–water partition coefficient (Wildman–Crippen LogP) is 5.85. The Morgan fingerprint density at radius 1 is 1.14 bits per heavy atom. The number of allylic oxidation sites excluding steroid dienone is 1. The van der Waals surface area contributed by atoms with E-state index in [-0.39, 0.29) is 5.69 Å². The van der Waals surface area contributed by atoms with Crippen LogP contribution in [-0.4, -0.2) is 9.91 Å². The van der Waals surface area contributed by atoms with E-state index in [0.29, 0.717) is 21.8 Å². The molecule has 4 rings (SSSR count). The summed E-state index contributed by atoms with van der Waals surface area (Å²) in [5.41, 5.74) is 2.53. The Bertz CT molecular complexity index is 1280. The Morgan fingerprint density at radius 3 is 2.76 bits per heavy atom. The van der Waals surface area contributed by atoms with Crippen LogP contribution in [0.3, 0.4) is 0 Å². The fourth-order valence-corrected chi connectivity index (χ4v) is 3.75. The number of benzene rings is 3. The average Bonchev–Trinajstić information content (AvgIpc) is 3.24. The zero-order valence-corrected chi connectivity index (χ0v) is 15.9. The molecule has 0 saturated carbocycles. The maximum atomic E-state index is 11.0. The van der Waals surface area contributed by atoms with E-state index in [1.54, 1.807) is 23.7 Å². The van der Waals surface area contributed by atoms with E-state index < -0.39 is 4.92 Å². The summed E-state index contributed by atoms with van der Waals surface area (Å²) < 4.78 is 0. The van der Waals surface area contributed by atoms with Gasteiger partial charge in [-0.25, -0.2) is 4.98 Å². The largest absolute Gasteiger partial charge is 0.360 e. The fourth-order valence-electron chi connectivity index (χ4n) is 2.95. The van der Waals surface area contributed by atoms with Crippen LogP contribution in [0.25, 0.3) is 27.6 Å². The summed E-state index contributed by atoms with van der Waals surface area (Å²) in [5, 5.41) is 28.3. The van der Waals surface area contributed by atoms with E-state index in [9.17, 15) is 15.4 Å². The molecule has 0 atom stereocenters. The van der Waals surface area contributed by atoms with Crippen LogP contribution in [0.2, 0.25) is 0 Å². The van der Waals surface area contributed by atoms with Gasteiger partial charge in [-0.1, -0.05) is 48.5 Å². The number of nitrogens with zero attached hydrogens (tertiary/aromatic N) is 3. The number of nitriles is 1. The quantitative estimate of drug-likeness (QED) is 0.259. The minimum atomic E-state index is -0.439. The van der Waals surface area contributed by atoms with Crippen LogP contribution >= 0.6 is 11.3 Å². The summed E-state index contributed by atoms with van der Waals surface area (Å²) in [6, 6.07) is 22.4. The highest BCUT2D eigenvalue weighted by atomic mass is 32.1. The Labute approximate surface area is 170 Å². The molecule has 0 aliphatic heterocycles. The molecule has 0 spiro atoms. The summed E-state index contributed by atoms with van der Waals surface area (Å²) in [6.45, 7) is 0. The predicted molar refractivity (Wildman–Crippen MR) is 115 cm³/mol. The average molecular weight is 398 g/mol. The number of thiazole rings is 1. The zero-order valence-electron chi connectivity index (χ0n) is 15.1. The molecule has 0 saturated heterocycles. The maximum Gasteiger partial charge on any atom is 0.270 e. The smallest absolute Gasteiger partial charge is 0.270 e. The summed E-state index contributed by atoms with van der Waals surface area (Å²) in [4.78, 5) is 15.0. The summed E-state index contributed by atoms with van der Waals surface area (Å²) in [7, 11) is 0. The molecule has 0 radical (unpaired) electrons. The lowest BCUT2D eigenvalue weighted by Gasteiger charge is -2.06. The second-order valence-corrected chi connectivity index (χ2v) is 7.04. The third-order valence-electron chi connectivity index (χ3n) is 4.37. The number of rotatable bonds is 5. The van der Waals surface area contributed by atoms with Crippen LogP contribution in [0.5, 0.6) is 0 Å². The van der Waals surface area contributed by atoms with E-state index in [0.717, 1.165) is 16.5 Å². The molecule has 0 unspecified atom stereocenters. The van der Waals surface area contributed by atoms with Crippen molar-refractivity contribution in [3.8, 4) is 17.3 Å². The Balaban J connectivity index is 1.63. The van der Waals surface area contributed by atoms with Crippen LogP contribution in [0.4, 0.5) is 11.4 Å². The normalized spacial score (nSPS) is 11.2. The molecule has 3 aromatic carbocycles. The van der Waals surface area contributed by atoms with Gasteiger partial charge < -0.3 is 5.32 Å². The lowest BCUT2D eigenvalue weighted by Crippen LogP contribution is -1.92. The summed E-state index contributed by atoms with van der Waals surface area (Å²) in [6.07, 6.45) is 1.64. The molecule has 140 valence electrons.